The molecule has 0 aromatic heterocycles. The van der Waals surface area contributed by atoms with Crippen molar-refractivity contribution in [2.24, 2.45) is 0 Å². The molecule has 5 nitrogen and oxygen atoms in total. The van der Waals surface area contributed by atoms with Gasteiger partial charge in [0, 0.05) is 5.56 Å². The predicted octanol–water partition coefficient (Wildman–Crippen LogP) is 1.36. The first-order valence-corrected chi connectivity index (χ1v) is 5.01. The third-order valence-electron chi connectivity index (χ3n) is 1.92. The Morgan fingerprint density at radius 3 is 2.53 bits per heavy atom. The molecule has 0 spiro atoms. The van der Waals surface area contributed by atoms with Crippen LogP contribution in [0.2, 0.25) is 0 Å². The Hall–Kier alpha value is -2.35. The fraction of sp³-hybridized carbons (Fsp3) is 0.250. The molecule has 0 saturated heterocycles. The van der Waals surface area contributed by atoms with Crippen LogP contribution in [0.4, 0.5) is 0 Å². The van der Waals surface area contributed by atoms with Crippen molar-refractivity contribution in [3.05, 3.63) is 35.9 Å². The summed E-state index contributed by atoms with van der Waals surface area (Å²) in [5, 5.41) is 8.37. The number of nitriles is 1. The summed E-state index contributed by atoms with van der Waals surface area (Å²) in [4.78, 5) is 22.5. The molecule has 1 aromatic rings. The molecule has 1 rings (SSSR count). The van der Waals surface area contributed by atoms with Gasteiger partial charge in [0.15, 0.2) is 6.07 Å². The molecule has 1 atom stereocenters. The Bertz CT molecular complexity index is 436. The quantitative estimate of drug-likeness (QED) is 0.579. The lowest BCUT2D eigenvalue weighted by Gasteiger charge is -2.14. The molecule has 0 bridgehead atoms. The molecule has 5 heteroatoms. The number of hydrogen-bond acceptors (Lipinski definition) is 5. The van der Waals surface area contributed by atoms with E-state index in [0.29, 0.717) is 5.56 Å². The predicted molar refractivity (Wildman–Crippen MR) is 57.5 cm³/mol. The number of nitrogens with zero attached hydrogens (tertiary/aromatic N) is 1. The van der Waals surface area contributed by atoms with E-state index in [1.165, 1.54) is 6.07 Å². The minimum Gasteiger partial charge on any atom is -0.463 e. The average Bonchev–Trinajstić information content (AvgIpc) is 2.36. The molecule has 0 unspecified atom stereocenters. The van der Waals surface area contributed by atoms with Crippen molar-refractivity contribution in [3.8, 4) is 6.07 Å². The van der Waals surface area contributed by atoms with E-state index in [-0.39, 0.29) is 6.61 Å². The molecule has 0 heterocycles. The smallest absolute Gasteiger partial charge is 0.412 e. The van der Waals surface area contributed by atoms with Gasteiger partial charge in [-0.15, -0.1) is 0 Å². The Balaban J connectivity index is 2.91. The molecular weight excluding hydrogens is 222 g/mol. The van der Waals surface area contributed by atoms with Crippen LogP contribution < -0.4 is 0 Å². The fourth-order valence-corrected chi connectivity index (χ4v) is 1.23. The van der Waals surface area contributed by atoms with Gasteiger partial charge < -0.3 is 9.47 Å². The van der Waals surface area contributed by atoms with Crippen LogP contribution in [0.3, 0.4) is 0 Å². The van der Waals surface area contributed by atoms with Gasteiger partial charge in [0.25, 0.3) is 0 Å². The summed E-state index contributed by atoms with van der Waals surface area (Å²) in [7, 11) is 0. The summed E-state index contributed by atoms with van der Waals surface area (Å²) in [5.74, 6) is -1.81. The van der Waals surface area contributed by atoms with Crippen LogP contribution in [-0.2, 0) is 19.1 Å². The largest absolute Gasteiger partial charge is 0.463 e. The third kappa shape index (κ3) is 3.61. The van der Waals surface area contributed by atoms with Crippen LogP contribution in [-0.4, -0.2) is 18.5 Å². The summed E-state index contributed by atoms with van der Waals surface area (Å²) < 4.78 is 9.50. The van der Waals surface area contributed by atoms with E-state index in [1.54, 1.807) is 37.3 Å². The molecule has 0 N–H and O–H groups in total. The minimum atomic E-state index is -1.19. The first kappa shape index (κ1) is 12.7. The molecule has 0 amide bonds. The van der Waals surface area contributed by atoms with Gasteiger partial charge in [0.2, 0.25) is 6.10 Å². The van der Waals surface area contributed by atoms with Gasteiger partial charge in [-0.05, 0) is 6.92 Å². The van der Waals surface area contributed by atoms with Crippen LogP contribution in [0.15, 0.2) is 30.3 Å². The molecule has 17 heavy (non-hydrogen) atoms. The average molecular weight is 233 g/mol. The first-order chi connectivity index (χ1) is 8.19. The zero-order valence-electron chi connectivity index (χ0n) is 9.25. The van der Waals surface area contributed by atoms with Crippen LogP contribution in [0.25, 0.3) is 0 Å². The number of ether oxygens (including phenoxy) is 2. The van der Waals surface area contributed by atoms with Gasteiger partial charge in [-0.25, -0.2) is 9.59 Å². The fourth-order valence-electron chi connectivity index (χ4n) is 1.23. The summed E-state index contributed by atoms with van der Waals surface area (Å²) in [6.07, 6.45) is -1.19. The Morgan fingerprint density at radius 1 is 1.35 bits per heavy atom. The zero-order chi connectivity index (χ0) is 12.7. The second-order valence-corrected chi connectivity index (χ2v) is 3.06. The maximum Gasteiger partial charge on any atom is 0.412 e. The highest BCUT2D eigenvalue weighted by Gasteiger charge is 2.25. The van der Waals surface area contributed by atoms with E-state index >= 15 is 0 Å². The van der Waals surface area contributed by atoms with Crippen LogP contribution in [0.1, 0.15) is 18.6 Å². The lowest BCUT2D eigenvalue weighted by atomic mass is 10.1. The van der Waals surface area contributed by atoms with Crippen molar-refractivity contribution in [2.75, 3.05) is 6.61 Å². The van der Waals surface area contributed by atoms with Crippen molar-refractivity contribution < 1.29 is 19.1 Å². The van der Waals surface area contributed by atoms with Crippen molar-refractivity contribution >= 4 is 11.9 Å². The highest BCUT2D eigenvalue weighted by atomic mass is 16.6. The monoisotopic (exact) mass is 233 g/mol. The third-order valence-corrected chi connectivity index (χ3v) is 1.92. The van der Waals surface area contributed by atoms with E-state index in [4.69, 9.17) is 14.7 Å². The molecule has 0 radical (unpaired) electrons. The van der Waals surface area contributed by atoms with E-state index < -0.39 is 18.0 Å². The second-order valence-electron chi connectivity index (χ2n) is 3.06. The summed E-state index contributed by atoms with van der Waals surface area (Å²) in [6, 6.07) is 9.68. The van der Waals surface area contributed by atoms with Gasteiger partial charge >= 0.3 is 11.9 Å². The molecule has 1 aromatic carbocycles. The maximum absolute atomic E-state index is 11.6. The van der Waals surface area contributed by atoms with Gasteiger partial charge in [-0.3, -0.25) is 0 Å². The SMILES string of the molecule is CCOC(=O)[C@H](OC(=O)C#N)c1ccccc1. The molecule has 0 aliphatic carbocycles. The lowest BCUT2D eigenvalue weighted by molar-refractivity contribution is -0.165. The van der Waals surface area contributed by atoms with E-state index in [1.807, 2.05) is 0 Å². The number of carbonyl (C=O) groups is 2. The van der Waals surface area contributed by atoms with Gasteiger partial charge in [-0.1, -0.05) is 30.3 Å². The number of benzene rings is 1. The lowest BCUT2D eigenvalue weighted by Crippen LogP contribution is -2.21. The minimum absolute atomic E-state index is 0.173. The van der Waals surface area contributed by atoms with Gasteiger partial charge in [0.05, 0.1) is 6.61 Å². The Morgan fingerprint density at radius 2 is 2.00 bits per heavy atom. The zero-order valence-corrected chi connectivity index (χ0v) is 9.25. The maximum atomic E-state index is 11.6. The number of rotatable bonds is 4. The van der Waals surface area contributed by atoms with Gasteiger partial charge in [0.1, 0.15) is 0 Å². The van der Waals surface area contributed by atoms with Crippen LogP contribution >= 0.6 is 0 Å². The highest BCUT2D eigenvalue weighted by molar-refractivity contribution is 5.89. The van der Waals surface area contributed by atoms with Crippen molar-refractivity contribution in [1.82, 2.24) is 0 Å². The number of esters is 2. The molecule has 0 saturated carbocycles. The molecular formula is C12H11NO4. The van der Waals surface area contributed by atoms with Crippen LogP contribution in [0, 0.1) is 11.3 Å². The molecule has 0 aliphatic heterocycles. The Kier molecular flexibility index (Phi) is 4.70. The summed E-state index contributed by atoms with van der Waals surface area (Å²) in [5.41, 5.74) is 0.467. The topological polar surface area (TPSA) is 76.4 Å². The van der Waals surface area contributed by atoms with Crippen molar-refractivity contribution in [2.45, 2.75) is 13.0 Å². The molecule has 0 aliphatic rings. The highest BCUT2D eigenvalue weighted by Crippen LogP contribution is 2.18. The molecule has 0 fully saturated rings. The first-order valence-electron chi connectivity index (χ1n) is 5.01. The molecule has 88 valence electrons. The summed E-state index contributed by atoms with van der Waals surface area (Å²) in [6.45, 7) is 1.82. The van der Waals surface area contributed by atoms with E-state index in [0.717, 1.165) is 0 Å². The van der Waals surface area contributed by atoms with E-state index in [2.05, 4.69) is 0 Å². The van der Waals surface area contributed by atoms with Crippen molar-refractivity contribution in [3.63, 3.8) is 0 Å². The second kappa shape index (κ2) is 6.28. The standard InChI is InChI=1S/C12H11NO4/c1-2-16-12(15)11(17-10(14)8-13)9-6-4-3-5-7-9/h3-7,11H,2H2,1H3/t11-/m1/s1. The van der Waals surface area contributed by atoms with Crippen molar-refractivity contribution in [1.29, 1.82) is 5.26 Å². The number of carbonyl (C=O) groups excluding carboxylic acids is 2. The van der Waals surface area contributed by atoms with E-state index in [9.17, 15) is 9.59 Å². The van der Waals surface area contributed by atoms with Gasteiger partial charge in [-0.2, -0.15) is 5.26 Å². The number of hydrogen-bond donors (Lipinski definition) is 0. The summed E-state index contributed by atoms with van der Waals surface area (Å²) >= 11 is 0. The normalized spacial score (nSPS) is 11.1. The Labute approximate surface area is 98.6 Å². The van der Waals surface area contributed by atoms with Crippen LogP contribution in [0.5, 0.6) is 0 Å².